The molecule has 2 N–H and O–H groups in total. The molecule has 19 heavy (non-hydrogen) atoms. The van der Waals surface area contributed by atoms with Gasteiger partial charge in [0.15, 0.2) is 0 Å². The van der Waals surface area contributed by atoms with Crippen LogP contribution in [0.5, 0.6) is 0 Å². The zero-order valence-electron chi connectivity index (χ0n) is 10.3. The van der Waals surface area contributed by atoms with E-state index < -0.39 is 17.9 Å². The summed E-state index contributed by atoms with van der Waals surface area (Å²) in [6.07, 6.45) is 2.12. The second-order valence-corrected chi connectivity index (χ2v) is 4.04. The van der Waals surface area contributed by atoms with Crippen LogP contribution in [0.4, 0.5) is 5.82 Å². The number of piperidine rings is 1. The number of carbonyl (C=O) groups is 3. The standard InChI is InChI=1S/C12H13N3O4/c1-19-12(18)7-3-2-6-13-10(7)14-8-4-5-9(16)15-11(8)17/h2-3,6,8H,4-5H2,1H3,(H,13,14)(H,15,16,17). The van der Waals surface area contributed by atoms with Crippen LogP contribution in [0.15, 0.2) is 18.3 Å². The summed E-state index contributed by atoms with van der Waals surface area (Å²) in [5, 5.41) is 5.09. The summed E-state index contributed by atoms with van der Waals surface area (Å²) in [5.41, 5.74) is 0.245. The Morgan fingerprint density at radius 1 is 1.53 bits per heavy atom. The maximum atomic E-state index is 11.6. The molecule has 0 bridgehead atoms. The molecule has 1 aliphatic rings. The number of pyridine rings is 1. The van der Waals surface area contributed by atoms with E-state index in [0.717, 1.165) is 0 Å². The van der Waals surface area contributed by atoms with E-state index in [1.54, 1.807) is 12.1 Å². The molecule has 1 aliphatic heterocycles. The minimum Gasteiger partial charge on any atom is -0.465 e. The van der Waals surface area contributed by atoms with Crippen molar-refractivity contribution in [1.82, 2.24) is 10.3 Å². The lowest BCUT2D eigenvalue weighted by Crippen LogP contribution is -2.47. The third kappa shape index (κ3) is 2.87. The Kier molecular flexibility index (Phi) is 3.74. The smallest absolute Gasteiger partial charge is 0.341 e. The summed E-state index contributed by atoms with van der Waals surface area (Å²) in [6, 6.07) is 2.56. The van der Waals surface area contributed by atoms with Gasteiger partial charge >= 0.3 is 5.97 Å². The first-order valence-corrected chi connectivity index (χ1v) is 5.75. The Morgan fingerprint density at radius 2 is 2.32 bits per heavy atom. The second-order valence-electron chi connectivity index (χ2n) is 4.04. The van der Waals surface area contributed by atoms with Gasteiger partial charge in [0.05, 0.1) is 7.11 Å². The van der Waals surface area contributed by atoms with Gasteiger partial charge in [-0.15, -0.1) is 0 Å². The van der Waals surface area contributed by atoms with E-state index in [9.17, 15) is 14.4 Å². The number of aromatic nitrogens is 1. The number of hydrogen-bond donors (Lipinski definition) is 2. The number of imide groups is 1. The highest BCUT2D eigenvalue weighted by atomic mass is 16.5. The van der Waals surface area contributed by atoms with E-state index in [2.05, 4.69) is 20.4 Å². The molecule has 7 heteroatoms. The summed E-state index contributed by atoms with van der Waals surface area (Å²) in [5.74, 6) is -0.985. The topological polar surface area (TPSA) is 97.4 Å². The predicted octanol–water partition coefficient (Wildman–Crippen LogP) is 0.0853. The first kappa shape index (κ1) is 13.0. The third-order valence-electron chi connectivity index (χ3n) is 2.76. The van der Waals surface area contributed by atoms with Gasteiger partial charge < -0.3 is 10.1 Å². The Balaban J connectivity index is 2.17. The van der Waals surface area contributed by atoms with Gasteiger partial charge in [-0.25, -0.2) is 9.78 Å². The maximum absolute atomic E-state index is 11.6. The summed E-state index contributed by atoms with van der Waals surface area (Å²) in [6.45, 7) is 0. The average Bonchev–Trinajstić information content (AvgIpc) is 2.41. The van der Waals surface area contributed by atoms with Crippen molar-refractivity contribution in [2.75, 3.05) is 12.4 Å². The van der Waals surface area contributed by atoms with E-state index in [1.165, 1.54) is 13.3 Å². The number of ether oxygens (including phenoxy) is 1. The van der Waals surface area contributed by atoms with Gasteiger partial charge in [0.2, 0.25) is 11.8 Å². The van der Waals surface area contributed by atoms with E-state index in [0.29, 0.717) is 6.42 Å². The molecule has 1 aromatic rings. The number of nitrogens with zero attached hydrogens (tertiary/aromatic N) is 1. The molecular formula is C12H13N3O4. The minimum absolute atomic E-state index is 0.245. The number of esters is 1. The van der Waals surface area contributed by atoms with Crippen LogP contribution in [0.25, 0.3) is 0 Å². The molecule has 0 aliphatic carbocycles. The van der Waals surface area contributed by atoms with Crippen LogP contribution in [-0.2, 0) is 14.3 Å². The number of rotatable bonds is 3. The van der Waals surface area contributed by atoms with E-state index >= 15 is 0 Å². The van der Waals surface area contributed by atoms with Crippen LogP contribution in [0, 0.1) is 0 Å². The minimum atomic E-state index is -0.587. The van der Waals surface area contributed by atoms with E-state index in [-0.39, 0.29) is 23.7 Å². The molecular weight excluding hydrogens is 250 g/mol. The number of hydrogen-bond acceptors (Lipinski definition) is 6. The molecule has 0 radical (unpaired) electrons. The normalized spacial score (nSPS) is 18.7. The highest BCUT2D eigenvalue weighted by Gasteiger charge is 2.27. The zero-order valence-corrected chi connectivity index (χ0v) is 10.3. The number of carbonyl (C=O) groups excluding carboxylic acids is 3. The lowest BCUT2D eigenvalue weighted by atomic mass is 10.1. The summed E-state index contributed by atoms with van der Waals surface area (Å²) >= 11 is 0. The van der Waals surface area contributed by atoms with Gasteiger partial charge in [-0.1, -0.05) is 0 Å². The second kappa shape index (κ2) is 5.47. The fourth-order valence-electron chi connectivity index (χ4n) is 1.79. The fourth-order valence-corrected chi connectivity index (χ4v) is 1.79. The summed E-state index contributed by atoms with van der Waals surface area (Å²) in [7, 11) is 1.27. The van der Waals surface area contributed by atoms with Gasteiger partial charge in [0, 0.05) is 12.6 Å². The van der Waals surface area contributed by atoms with Crippen LogP contribution >= 0.6 is 0 Å². The van der Waals surface area contributed by atoms with Crippen molar-refractivity contribution < 1.29 is 19.1 Å². The Bertz CT molecular complexity index is 529. The maximum Gasteiger partial charge on any atom is 0.341 e. The average molecular weight is 263 g/mol. The molecule has 1 fully saturated rings. The molecule has 2 amide bonds. The van der Waals surface area contributed by atoms with Crippen LogP contribution in [0.3, 0.4) is 0 Å². The molecule has 1 aromatic heterocycles. The molecule has 7 nitrogen and oxygen atoms in total. The molecule has 1 saturated heterocycles. The largest absolute Gasteiger partial charge is 0.465 e. The van der Waals surface area contributed by atoms with Crippen molar-refractivity contribution in [2.45, 2.75) is 18.9 Å². The Hall–Kier alpha value is -2.44. The van der Waals surface area contributed by atoms with Crippen molar-refractivity contribution in [3.8, 4) is 0 Å². The van der Waals surface area contributed by atoms with Crippen molar-refractivity contribution in [1.29, 1.82) is 0 Å². The van der Waals surface area contributed by atoms with Crippen LogP contribution in [0.2, 0.25) is 0 Å². The van der Waals surface area contributed by atoms with Gasteiger partial charge in [0.25, 0.3) is 0 Å². The molecule has 2 heterocycles. The van der Waals surface area contributed by atoms with Crippen LogP contribution < -0.4 is 10.6 Å². The fraction of sp³-hybridized carbons (Fsp3) is 0.333. The van der Waals surface area contributed by atoms with Crippen LogP contribution in [-0.4, -0.2) is 35.9 Å². The van der Waals surface area contributed by atoms with Gasteiger partial charge in [0.1, 0.15) is 17.4 Å². The quantitative estimate of drug-likeness (QED) is 0.592. The lowest BCUT2D eigenvalue weighted by Gasteiger charge is -2.22. The van der Waals surface area contributed by atoms with Gasteiger partial charge in [-0.3, -0.25) is 14.9 Å². The SMILES string of the molecule is COC(=O)c1cccnc1NC1CCC(=O)NC1=O. The first-order valence-electron chi connectivity index (χ1n) is 5.75. The first-order chi connectivity index (χ1) is 9.11. The number of methoxy groups -OCH3 is 1. The molecule has 1 unspecified atom stereocenters. The monoisotopic (exact) mass is 263 g/mol. The molecule has 1 atom stereocenters. The molecule has 100 valence electrons. The van der Waals surface area contributed by atoms with Gasteiger partial charge in [-0.2, -0.15) is 0 Å². The Labute approximate surface area is 109 Å². The number of anilines is 1. The molecule has 0 spiro atoms. The lowest BCUT2D eigenvalue weighted by molar-refractivity contribution is -0.133. The van der Waals surface area contributed by atoms with Crippen molar-refractivity contribution in [2.24, 2.45) is 0 Å². The highest BCUT2D eigenvalue weighted by molar-refractivity contribution is 6.02. The number of amides is 2. The summed E-state index contributed by atoms with van der Waals surface area (Å²) < 4.78 is 4.64. The van der Waals surface area contributed by atoms with Crippen molar-refractivity contribution >= 4 is 23.6 Å². The zero-order chi connectivity index (χ0) is 13.8. The van der Waals surface area contributed by atoms with Gasteiger partial charge in [-0.05, 0) is 18.6 Å². The van der Waals surface area contributed by atoms with Crippen LogP contribution in [0.1, 0.15) is 23.2 Å². The highest BCUT2D eigenvalue weighted by Crippen LogP contribution is 2.16. The third-order valence-corrected chi connectivity index (χ3v) is 2.76. The molecule has 0 saturated carbocycles. The van der Waals surface area contributed by atoms with E-state index in [4.69, 9.17) is 0 Å². The van der Waals surface area contributed by atoms with Crippen molar-refractivity contribution in [3.63, 3.8) is 0 Å². The predicted molar refractivity (Wildman–Crippen MR) is 65.4 cm³/mol. The van der Waals surface area contributed by atoms with Crippen molar-refractivity contribution in [3.05, 3.63) is 23.9 Å². The Morgan fingerprint density at radius 3 is 3.00 bits per heavy atom. The number of nitrogens with one attached hydrogen (secondary N) is 2. The summed E-state index contributed by atoms with van der Waals surface area (Å²) in [4.78, 5) is 38.2. The molecule has 2 rings (SSSR count). The molecule has 0 aromatic carbocycles. The van der Waals surface area contributed by atoms with E-state index in [1.807, 2.05) is 0 Å².